The van der Waals surface area contributed by atoms with E-state index in [9.17, 15) is 10.1 Å². The van der Waals surface area contributed by atoms with Crippen molar-refractivity contribution in [1.29, 1.82) is 5.26 Å². The zero-order valence-corrected chi connectivity index (χ0v) is 12.7. The van der Waals surface area contributed by atoms with E-state index in [1.807, 2.05) is 18.2 Å². The number of fused-ring (bicyclic) bond motifs is 1. The van der Waals surface area contributed by atoms with Gasteiger partial charge in [0.25, 0.3) is 5.56 Å². The van der Waals surface area contributed by atoms with Gasteiger partial charge in [-0.25, -0.2) is 0 Å². The summed E-state index contributed by atoms with van der Waals surface area (Å²) in [4.78, 5) is 12.4. The van der Waals surface area contributed by atoms with Crippen molar-refractivity contribution in [1.82, 2.24) is 4.57 Å². The van der Waals surface area contributed by atoms with E-state index in [4.69, 9.17) is 9.47 Å². The fourth-order valence-corrected chi connectivity index (χ4v) is 2.42. The van der Waals surface area contributed by atoms with Gasteiger partial charge in [-0.05, 0) is 30.3 Å². The first kappa shape index (κ1) is 14.7. The molecule has 0 saturated carbocycles. The Kier molecular flexibility index (Phi) is 3.73. The van der Waals surface area contributed by atoms with Crippen LogP contribution >= 0.6 is 0 Å². The zero-order valence-electron chi connectivity index (χ0n) is 12.7. The van der Waals surface area contributed by atoms with Crippen molar-refractivity contribution in [3.63, 3.8) is 0 Å². The van der Waals surface area contributed by atoms with Gasteiger partial charge in [-0.3, -0.25) is 9.36 Å². The second kappa shape index (κ2) is 5.85. The number of nitriles is 1. The summed E-state index contributed by atoms with van der Waals surface area (Å²) in [6.07, 6.45) is 0. The van der Waals surface area contributed by atoms with Crippen LogP contribution in [0.4, 0.5) is 0 Å². The van der Waals surface area contributed by atoms with Crippen LogP contribution in [-0.2, 0) is 7.05 Å². The van der Waals surface area contributed by atoms with Crippen molar-refractivity contribution in [3.05, 3.63) is 64.6 Å². The van der Waals surface area contributed by atoms with Crippen molar-refractivity contribution >= 4 is 10.8 Å². The second-order valence-corrected chi connectivity index (χ2v) is 4.98. The van der Waals surface area contributed by atoms with Gasteiger partial charge < -0.3 is 9.47 Å². The quantitative estimate of drug-likeness (QED) is 0.745. The third-order valence-corrected chi connectivity index (χ3v) is 3.63. The summed E-state index contributed by atoms with van der Waals surface area (Å²) in [5.74, 6) is 1.52. The van der Waals surface area contributed by atoms with Crippen molar-refractivity contribution in [2.45, 2.75) is 0 Å². The maximum atomic E-state index is 12.4. The lowest BCUT2D eigenvalue weighted by molar-refractivity contribution is 0.415. The van der Waals surface area contributed by atoms with Gasteiger partial charge in [0.05, 0.1) is 12.5 Å². The van der Waals surface area contributed by atoms with Crippen molar-refractivity contribution < 1.29 is 9.47 Å². The van der Waals surface area contributed by atoms with Gasteiger partial charge in [-0.15, -0.1) is 0 Å². The third kappa shape index (κ3) is 2.51. The largest absolute Gasteiger partial charge is 0.497 e. The molecule has 0 N–H and O–H groups in total. The number of para-hydroxylation sites is 1. The maximum Gasteiger partial charge on any atom is 0.259 e. The molecule has 0 aliphatic heterocycles. The summed E-state index contributed by atoms with van der Waals surface area (Å²) in [7, 11) is 3.10. The lowest BCUT2D eigenvalue weighted by atomic mass is 10.1. The number of hydrogen-bond donors (Lipinski definition) is 0. The van der Waals surface area contributed by atoms with Crippen molar-refractivity contribution in [2.24, 2.45) is 7.05 Å². The number of hydrogen-bond acceptors (Lipinski definition) is 4. The predicted molar refractivity (Wildman–Crippen MR) is 87.0 cm³/mol. The van der Waals surface area contributed by atoms with Gasteiger partial charge in [0.2, 0.25) is 0 Å². The topological polar surface area (TPSA) is 64.2 Å². The van der Waals surface area contributed by atoms with E-state index in [-0.39, 0.29) is 11.3 Å². The molecule has 0 radical (unpaired) electrons. The highest BCUT2D eigenvalue weighted by atomic mass is 16.5. The molecule has 5 nitrogen and oxygen atoms in total. The van der Waals surface area contributed by atoms with E-state index in [0.717, 1.165) is 0 Å². The van der Waals surface area contributed by atoms with Crippen LogP contribution in [0.25, 0.3) is 10.8 Å². The Morgan fingerprint density at radius 3 is 2.43 bits per heavy atom. The van der Waals surface area contributed by atoms with Crippen LogP contribution in [-0.4, -0.2) is 11.7 Å². The number of rotatable bonds is 3. The first-order chi connectivity index (χ1) is 11.2. The summed E-state index contributed by atoms with van der Waals surface area (Å²) in [6, 6.07) is 16.3. The minimum atomic E-state index is -0.250. The molecule has 0 amide bonds. The lowest BCUT2D eigenvalue weighted by Gasteiger charge is -2.14. The first-order valence-electron chi connectivity index (χ1n) is 6.99. The summed E-state index contributed by atoms with van der Waals surface area (Å²) >= 11 is 0. The van der Waals surface area contributed by atoms with E-state index in [0.29, 0.717) is 28.0 Å². The van der Waals surface area contributed by atoms with Gasteiger partial charge >= 0.3 is 0 Å². The number of methoxy groups -OCH3 is 1. The molecule has 0 aliphatic carbocycles. The highest BCUT2D eigenvalue weighted by Gasteiger charge is 2.17. The summed E-state index contributed by atoms with van der Waals surface area (Å²) in [6.45, 7) is 0. The van der Waals surface area contributed by atoms with Gasteiger partial charge in [-0.1, -0.05) is 18.2 Å². The molecule has 0 bridgehead atoms. The lowest BCUT2D eigenvalue weighted by Crippen LogP contribution is -2.20. The van der Waals surface area contributed by atoms with E-state index in [2.05, 4.69) is 6.07 Å². The van der Waals surface area contributed by atoms with E-state index >= 15 is 0 Å². The molecule has 0 unspecified atom stereocenters. The fourth-order valence-electron chi connectivity index (χ4n) is 2.42. The average molecular weight is 306 g/mol. The maximum absolute atomic E-state index is 12.4. The van der Waals surface area contributed by atoms with Gasteiger partial charge in [-0.2, -0.15) is 5.26 Å². The normalized spacial score (nSPS) is 10.3. The number of aromatic nitrogens is 1. The van der Waals surface area contributed by atoms with Crippen LogP contribution in [0.3, 0.4) is 0 Å². The first-order valence-corrected chi connectivity index (χ1v) is 6.99. The molecule has 0 aliphatic rings. The second-order valence-electron chi connectivity index (χ2n) is 4.98. The molecule has 23 heavy (non-hydrogen) atoms. The molecule has 0 spiro atoms. The van der Waals surface area contributed by atoms with Crippen molar-refractivity contribution in [2.75, 3.05) is 7.11 Å². The van der Waals surface area contributed by atoms with E-state index < -0.39 is 0 Å². The molecule has 0 atom stereocenters. The van der Waals surface area contributed by atoms with Gasteiger partial charge in [0.15, 0.2) is 11.4 Å². The molecule has 2 aromatic carbocycles. The third-order valence-electron chi connectivity index (χ3n) is 3.63. The molecular formula is C18H14N2O3. The van der Waals surface area contributed by atoms with Gasteiger partial charge in [0, 0.05) is 12.4 Å². The molecular weight excluding hydrogens is 292 g/mol. The highest BCUT2D eigenvalue weighted by molar-refractivity contribution is 5.90. The average Bonchev–Trinajstić information content (AvgIpc) is 2.60. The molecule has 114 valence electrons. The van der Waals surface area contributed by atoms with Crippen LogP contribution < -0.4 is 15.0 Å². The monoisotopic (exact) mass is 306 g/mol. The minimum absolute atomic E-state index is 0.166. The van der Waals surface area contributed by atoms with E-state index in [1.165, 1.54) is 4.57 Å². The number of benzene rings is 2. The van der Waals surface area contributed by atoms with E-state index in [1.54, 1.807) is 44.5 Å². The molecule has 0 saturated heterocycles. The smallest absolute Gasteiger partial charge is 0.259 e. The Morgan fingerprint density at radius 1 is 1.04 bits per heavy atom. The number of ether oxygens (including phenoxy) is 2. The highest BCUT2D eigenvalue weighted by Crippen LogP contribution is 2.33. The van der Waals surface area contributed by atoms with Crippen LogP contribution in [0.5, 0.6) is 17.2 Å². The minimum Gasteiger partial charge on any atom is -0.497 e. The van der Waals surface area contributed by atoms with Crippen LogP contribution in [0, 0.1) is 11.3 Å². The Balaban J connectivity index is 2.35. The Hall–Kier alpha value is -3.26. The number of nitrogens with zero attached hydrogens (tertiary/aromatic N) is 2. The summed E-state index contributed by atoms with van der Waals surface area (Å²) in [5.41, 5.74) is -0.0841. The summed E-state index contributed by atoms with van der Waals surface area (Å²) < 4.78 is 12.4. The van der Waals surface area contributed by atoms with Crippen LogP contribution in [0.1, 0.15) is 5.69 Å². The summed E-state index contributed by atoms with van der Waals surface area (Å²) in [5, 5.41) is 10.5. The molecule has 1 heterocycles. The Labute approximate surface area is 132 Å². The zero-order chi connectivity index (χ0) is 16.4. The molecule has 1 aromatic heterocycles. The molecule has 3 rings (SSSR count). The SMILES string of the molecule is COc1ccc2c(=O)n(C)c(C#N)c(Oc3ccccc3)c2c1. The number of pyridine rings is 1. The predicted octanol–water partition coefficient (Wildman–Crippen LogP) is 3.21. The van der Waals surface area contributed by atoms with Gasteiger partial charge in [0.1, 0.15) is 17.6 Å². The standard InChI is InChI=1S/C18H14N2O3/c1-20-16(11-19)17(23-12-6-4-3-5-7-12)15-10-13(22-2)8-9-14(15)18(20)21/h3-10H,1-2H3. The van der Waals surface area contributed by atoms with Crippen LogP contribution in [0.2, 0.25) is 0 Å². The van der Waals surface area contributed by atoms with Crippen LogP contribution in [0.15, 0.2) is 53.3 Å². The molecule has 5 heteroatoms. The fraction of sp³-hybridized carbons (Fsp3) is 0.111. The Bertz CT molecular complexity index is 969. The Morgan fingerprint density at radius 2 is 1.78 bits per heavy atom. The van der Waals surface area contributed by atoms with Crippen molar-refractivity contribution in [3.8, 4) is 23.3 Å². The molecule has 3 aromatic rings. The molecule has 0 fully saturated rings.